The molecule has 0 atom stereocenters. The van der Waals surface area contributed by atoms with E-state index >= 15 is 0 Å². The summed E-state index contributed by atoms with van der Waals surface area (Å²) in [5, 5.41) is 4.86. The minimum Gasteiger partial charge on any atom is -0.340 e. The smallest absolute Gasteiger partial charge is 0.236 e. The third kappa shape index (κ3) is 3.40. The Hall–Kier alpha value is -0.390. The molecule has 0 saturated heterocycles. The van der Waals surface area contributed by atoms with E-state index < -0.39 is 0 Å². The fourth-order valence-corrected chi connectivity index (χ4v) is 2.55. The highest BCUT2D eigenvalue weighted by molar-refractivity contribution is 9.10. The number of carbonyl (C=O) groups excluding carboxylic acids is 1. The number of thiophene rings is 1. The highest BCUT2D eigenvalue weighted by Crippen LogP contribution is 2.20. The van der Waals surface area contributed by atoms with Gasteiger partial charge in [-0.15, -0.1) is 11.3 Å². The molecule has 1 amide bonds. The number of rotatable bonds is 4. The molecule has 0 aliphatic carbocycles. The Bertz CT molecular complexity index is 314. The molecule has 78 valence electrons. The molecule has 0 aliphatic rings. The SMILES string of the molecule is CNCC(=O)N(C)Cc1cc(Br)cs1. The normalized spacial score (nSPS) is 10.2. The number of nitrogens with one attached hydrogen (secondary N) is 1. The van der Waals surface area contributed by atoms with Gasteiger partial charge in [-0.3, -0.25) is 4.79 Å². The summed E-state index contributed by atoms with van der Waals surface area (Å²) in [5.41, 5.74) is 0. The first-order valence-corrected chi connectivity index (χ1v) is 5.92. The number of nitrogens with zero attached hydrogens (tertiary/aromatic N) is 1. The Labute approximate surface area is 96.2 Å². The molecule has 0 radical (unpaired) electrons. The molecule has 0 spiro atoms. The first-order valence-electron chi connectivity index (χ1n) is 4.25. The maximum absolute atomic E-state index is 11.4. The number of carbonyl (C=O) groups is 1. The minimum absolute atomic E-state index is 0.108. The van der Waals surface area contributed by atoms with E-state index in [9.17, 15) is 4.79 Å². The maximum atomic E-state index is 11.4. The molecule has 1 aromatic rings. The zero-order chi connectivity index (χ0) is 10.6. The van der Waals surface area contributed by atoms with Crippen LogP contribution in [0.4, 0.5) is 0 Å². The quantitative estimate of drug-likeness (QED) is 0.908. The Morgan fingerprint density at radius 2 is 2.43 bits per heavy atom. The Morgan fingerprint density at radius 1 is 1.71 bits per heavy atom. The van der Waals surface area contributed by atoms with Crippen LogP contribution in [-0.4, -0.2) is 31.4 Å². The fraction of sp³-hybridized carbons (Fsp3) is 0.444. The van der Waals surface area contributed by atoms with Crippen LogP contribution >= 0.6 is 27.3 Å². The lowest BCUT2D eigenvalue weighted by atomic mass is 10.4. The zero-order valence-electron chi connectivity index (χ0n) is 8.21. The van der Waals surface area contributed by atoms with Gasteiger partial charge in [0, 0.05) is 21.8 Å². The van der Waals surface area contributed by atoms with Gasteiger partial charge in [0.25, 0.3) is 0 Å². The van der Waals surface area contributed by atoms with E-state index in [0.29, 0.717) is 13.1 Å². The lowest BCUT2D eigenvalue weighted by molar-refractivity contribution is -0.129. The van der Waals surface area contributed by atoms with Crippen LogP contribution < -0.4 is 5.32 Å². The molecule has 0 saturated carbocycles. The van der Waals surface area contributed by atoms with Gasteiger partial charge in [0.05, 0.1) is 13.1 Å². The van der Waals surface area contributed by atoms with Gasteiger partial charge >= 0.3 is 0 Å². The molecule has 1 rings (SSSR count). The van der Waals surface area contributed by atoms with Crippen molar-refractivity contribution in [3.63, 3.8) is 0 Å². The molecule has 5 heteroatoms. The lowest BCUT2D eigenvalue weighted by Crippen LogP contribution is -2.33. The van der Waals surface area contributed by atoms with E-state index in [1.54, 1.807) is 23.3 Å². The Balaban J connectivity index is 2.48. The van der Waals surface area contributed by atoms with Crippen molar-refractivity contribution in [2.24, 2.45) is 0 Å². The highest BCUT2D eigenvalue weighted by Gasteiger charge is 2.08. The largest absolute Gasteiger partial charge is 0.340 e. The molecule has 1 N–H and O–H groups in total. The molecule has 14 heavy (non-hydrogen) atoms. The molecule has 0 unspecified atom stereocenters. The van der Waals surface area contributed by atoms with Crippen LogP contribution in [0.3, 0.4) is 0 Å². The minimum atomic E-state index is 0.108. The number of hydrogen-bond donors (Lipinski definition) is 1. The average Bonchev–Trinajstić information content (AvgIpc) is 2.51. The summed E-state index contributed by atoms with van der Waals surface area (Å²) in [5.74, 6) is 0.108. The van der Waals surface area contributed by atoms with E-state index in [1.165, 1.54) is 4.88 Å². The van der Waals surface area contributed by atoms with Crippen molar-refractivity contribution in [1.82, 2.24) is 10.2 Å². The van der Waals surface area contributed by atoms with Gasteiger partial charge in [0.2, 0.25) is 5.91 Å². The summed E-state index contributed by atoms with van der Waals surface area (Å²) in [6, 6.07) is 2.04. The Kier molecular flexibility index (Phi) is 4.57. The number of likely N-dealkylation sites (N-methyl/N-ethyl adjacent to an activating group) is 2. The van der Waals surface area contributed by atoms with Crippen molar-refractivity contribution in [1.29, 1.82) is 0 Å². The zero-order valence-corrected chi connectivity index (χ0v) is 10.6. The summed E-state index contributed by atoms with van der Waals surface area (Å²) in [4.78, 5) is 14.3. The molecule has 0 bridgehead atoms. The summed E-state index contributed by atoms with van der Waals surface area (Å²) in [6.45, 7) is 1.07. The van der Waals surface area contributed by atoms with E-state index in [4.69, 9.17) is 0 Å². The summed E-state index contributed by atoms with van der Waals surface area (Å²) in [6.07, 6.45) is 0. The second kappa shape index (κ2) is 5.48. The van der Waals surface area contributed by atoms with E-state index in [2.05, 4.69) is 21.2 Å². The monoisotopic (exact) mass is 276 g/mol. The van der Waals surface area contributed by atoms with E-state index in [1.807, 2.05) is 18.5 Å². The number of amides is 1. The van der Waals surface area contributed by atoms with Crippen molar-refractivity contribution < 1.29 is 4.79 Å². The Morgan fingerprint density at radius 3 is 2.93 bits per heavy atom. The van der Waals surface area contributed by atoms with Crippen molar-refractivity contribution in [3.8, 4) is 0 Å². The molecule has 1 heterocycles. The van der Waals surface area contributed by atoms with Crippen LogP contribution in [0.1, 0.15) is 4.88 Å². The van der Waals surface area contributed by atoms with Gasteiger partial charge in [-0.25, -0.2) is 0 Å². The summed E-state index contributed by atoms with van der Waals surface area (Å²) in [7, 11) is 3.58. The first kappa shape index (κ1) is 11.7. The first-order chi connectivity index (χ1) is 6.63. The molecular formula is C9H13BrN2OS. The van der Waals surface area contributed by atoms with Crippen molar-refractivity contribution in [2.45, 2.75) is 6.54 Å². The second-order valence-corrected chi connectivity index (χ2v) is 4.92. The predicted molar refractivity (Wildman–Crippen MR) is 62.4 cm³/mol. The summed E-state index contributed by atoms with van der Waals surface area (Å²) >= 11 is 5.04. The topological polar surface area (TPSA) is 32.3 Å². The van der Waals surface area contributed by atoms with Crippen LogP contribution in [-0.2, 0) is 11.3 Å². The number of hydrogen-bond acceptors (Lipinski definition) is 3. The molecule has 0 aliphatic heterocycles. The van der Waals surface area contributed by atoms with E-state index in [0.717, 1.165) is 4.47 Å². The molecule has 3 nitrogen and oxygen atoms in total. The van der Waals surface area contributed by atoms with Crippen LogP contribution in [0.25, 0.3) is 0 Å². The van der Waals surface area contributed by atoms with Gasteiger partial charge < -0.3 is 10.2 Å². The predicted octanol–water partition coefficient (Wildman–Crippen LogP) is 1.69. The van der Waals surface area contributed by atoms with Gasteiger partial charge in [-0.1, -0.05) is 0 Å². The van der Waals surface area contributed by atoms with Gasteiger partial charge in [0.1, 0.15) is 0 Å². The standard InChI is InChI=1S/C9H13BrN2OS/c1-11-4-9(13)12(2)5-8-3-7(10)6-14-8/h3,6,11H,4-5H2,1-2H3. The number of halogens is 1. The van der Waals surface area contributed by atoms with E-state index in [-0.39, 0.29) is 5.91 Å². The third-order valence-corrected chi connectivity index (χ3v) is 3.45. The average molecular weight is 277 g/mol. The van der Waals surface area contributed by atoms with Gasteiger partial charge in [0.15, 0.2) is 0 Å². The second-order valence-electron chi connectivity index (χ2n) is 3.01. The maximum Gasteiger partial charge on any atom is 0.236 e. The van der Waals surface area contributed by atoms with Crippen molar-refractivity contribution in [2.75, 3.05) is 20.6 Å². The molecule has 0 aromatic carbocycles. The third-order valence-electron chi connectivity index (χ3n) is 1.77. The van der Waals surface area contributed by atoms with Crippen LogP contribution in [0, 0.1) is 0 Å². The highest BCUT2D eigenvalue weighted by atomic mass is 79.9. The van der Waals surface area contributed by atoms with Gasteiger partial charge in [-0.05, 0) is 29.0 Å². The van der Waals surface area contributed by atoms with Crippen molar-refractivity contribution in [3.05, 3.63) is 20.8 Å². The van der Waals surface area contributed by atoms with Crippen molar-refractivity contribution >= 4 is 33.2 Å². The fourth-order valence-electron chi connectivity index (χ4n) is 1.04. The molecule has 0 fully saturated rings. The van der Waals surface area contributed by atoms with Crippen LogP contribution in [0.2, 0.25) is 0 Å². The lowest BCUT2D eigenvalue weighted by Gasteiger charge is -2.15. The van der Waals surface area contributed by atoms with Crippen LogP contribution in [0.5, 0.6) is 0 Å². The molecule has 1 aromatic heterocycles. The summed E-state index contributed by atoms with van der Waals surface area (Å²) < 4.78 is 1.08. The van der Waals surface area contributed by atoms with Crippen LogP contribution in [0.15, 0.2) is 15.9 Å². The van der Waals surface area contributed by atoms with Gasteiger partial charge in [-0.2, -0.15) is 0 Å². The molecular weight excluding hydrogens is 264 g/mol.